The number of nitrogens with zero attached hydrogens (tertiary/aromatic N) is 2. The second-order valence-electron chi connectivity index (χ2n) is 5.57. The quantitative estimate of drug-likeness (QED) is 0.789. The van der Waals surface area contributed by atoms with E-state index in [0.29, 0.717) is 12.6 Å². The van der Waals surface area contributed by atoms with Gasteiger partial charge in [0.25, 0.3) is 0 Å². The summed E-state index contributed by atoms with van der Waals surface area (Å²) in [5.74, 6) is 1.03. The lowest BCUT2D eigenvalue weighted by Gasteiger charge is -2.08. The van der Waals surface area contributed by atoms with Gasteiger partial charge < -0.3 is 10.3 Å². The second-order valence-corrected chi connectivity index (χ2v) is 6.01. The van der Waals surface area contributed by atoms with Crippen molar-refractivity contribution in [2.45, 2.75) is 25.4 Å². The third-order valence-electron chi connectivity index (χ3n) is 4.01. The molecule has 1 heterocycles. The van der Waals surface area contributed by atoms with Crippen LogP contribution < -0.4 is 5.73 Å². The summed E-state index contributed by atoms with van der Waals surface area (Å²) >= 11 is 6.16. The number of hydrogen-bond donors (Lipinski definition) is 1. The van der Waals surface area contributed by atoms with E-state index in [4.69, 9.17) is 22.3 Å². The summed E-state index contributed by atoms with van der Waals surface area (Å²) in [5.41, 5.74) is 10.1. The van der Waals surface area contributed by atoms with Crippen molar-refractivity contribution in [3.8, 4) is 11.4 Å². The zero-order valence-corrected chi connectivity index (χ0v) is 12.3. The minimum atomic E-state index is 0.553. The SMILES string of the molecule is NCc1ccc(-c2nc3ccc(Cl)cc3n2C2CC2)cc1. The molecule has 1 aliphatic carbocycles. The van der Waals surface area contributed by atoms with Gasteiger partial charge in [-0.2, -0.15) is 0 Å². The fourth-order valence-electron chi connectivity index (χ4n) is 2.76. The predicted octanol–water partition coefficient (Wildman–Crippen LogP) is 4.15. The summed E-state index contributed by atoms with van der Waals surface area (Å²) in [4.78, 5) is 4.81. The van der Waals surface area contributed by atoms with Crippen LogP contribution in [0.25, 0.3) is 22.4 Å². The minimum Gasteiger partial charge on any atom is -0.326 e. The van der Waals surface area contributed by atoms with E-state index in [1.165, 1.54) is 12.8 Å². The molecule has 0 amide bonds. The van der Waals surface area contributed by atoms with Crippen molar-refractivity contribution in [2.75, 3.05) is 0 Å². The average Bonchev–Trinajstić information content (AvgIpc) is 3.28. The molecule has 0 bridgehead atoms. The normalized spacial score (nSPS) is 14.8. The van der Waals surface area contributed by atoms with Crippen molar-refractivity contribution in [1.82, 2.24) is 9.55 Å². The Morgan fingerprint density at radius 3 is 2.57 bits per heavy atom. The van der Waals surface area contributed by atoms with Crippen molar-refractivity contribution in [3.63, 3.8) is 0 Å². The Bertz CT molecular complexity index is 801. The van der Waals surface area contributed by atoms with Gasteiger partial charge in [0.2, 0.25) is 0 Å². The molecule has 4 rings (SSSR count). The van der Waals surface area contributed by atoms with E-state index in [0.717, 1.165) is 33.0 Å². The van der Waals surface area contributed by atoms with Crippen LogP contribution in [0.4, 0.5) is 0 Å². The molecular formula is C17H16ClN3. The summed E-state index contributed by atoms with van der Waals surface area (Å²) in [6.45, 7) is 0.564. The van der Waals surface area contributed by atoms with Crippen molar-refractivity contribution in [2.24, 2.45) is 5.73 Å². The maximum absolute atomic E-state index is 6.16. The first-order valence-corrected chi connectivity index (χ1v) is 7.61. The summed E-state index contributed by atoms with van der Waals surface area (Å²) in [6.07, 6.45) is 2.43. The van der Waals surface area contributed by atoms with Gasteiger partial charge in [-0.05, 0) is 36.6 Å². The van der Waals surface area contributed by atoms with E-state index < -0.39 is 0 Å². The molecule has 0 saturated heterocycles. The second kappa shape index (κ2) is 4.86. The molecule has 2 N–H and O–H groups in total. The maximum Gasteiger partial charge on any atom is 0.141 e. The number of fused-ring (bicyclic) bond motifs is 1. The lowest BCUT2D eigenvalue weighted by Crippen LogP contribution is -1.99. The van der Waals surface area contributed by atoms with Gasteiger partial charge in [-0.25, -0.2) is 4.98 Å². The van der Waals surface area contributed by atoms with Crippen LogP contribution in [-0.4, -0.2) is 9.55 Å². The fraction of sp³-hybridized carbons (Fsp3) is 0.235. The topological polar surface area (TPSA) is 43.8 Å². The lowest BCUT2D eigenvalue weighted by atomic mass is 10.1. The third kappa shape index (κ3) is 2.23. The number of halogens is 1. The Labute approximate surface area is 128 Å². The highest BCUT2D eigenvalue weighted by Gasteiger charge is 2.28. The van der Waals surface area contributed by atoms with E-state index in [1.54, 1.807) is 0 Å². The van der Waals surface area contributed by atoms with Crippen molar-refractivity contribution >= 4 is 22.6 Å². The van der Waals surface area contributed by atoms with Crippen LogP contribution in [0.5, 0.6) is 0 Å². The van der Waals surface area contributed by atoms with Gasteiger partial charge in [-0.1, -0.05) is 35.9 Å². The predicted molar refractivity (Wildman–Crippen MR) is 86.3 cm³/mol. The first-order chi connectivity index (χ1) is 10.3. The van der Waals surface area contributed by atoms with Crippen LogP contribution in [0.1, 0.15) is 24.4 Å². The molecule has 0 atom stereocenters. The molecule has 2 aromatic carbocycles. The molecule has 0 unspecified atom stereocenters. The summed E-state index contributed by atoms with van der Waals surface area (Å²) < 4.78 is 2.33. The molecule has 0 spiro atoms. The lowest BCUT2D eigenvalue weighted by molar-refractivity contribution is 0.775. The number of hydrogen-bond acceptors (Lipinski definition) is 2. The summed E-state index contributed by atoms with van der Waals surface area (Å²) in [6, 6.07) is 14.8. The van der Waals surface area contributed by atoms with E-state index in [9.17, 15) is 0 Å². The molecular weight excluding hydrogens is 282 g/mol. The minimum absolute atomic E-state index is 0.553. The van der Waals surface area contributed by atoms with Gasteiger partial charge in [0.1, 0.15) is 5.82 Å². The molecule has 0 aliphatic heterocycles. The van der Waals surface area contributed by atoms with Gasteiger partial charge in [-0.3, -0.25) is 0 Å². The molecule has 106 valence electrons. The molecule has 21 heavy (non-hydrogen) atoms. The van der Waals surface area contributed by atoms with Crippen molar-refractivity contribution in [1.29, 1.82) is 0 Å². The Morgan fingerprint density at radius 2 is 1.90 bits per heavy atom. The molecule has 4 heteroatoms. The first-order valence-electron chi connectivity index (χ1n) is 7.23. The number of nitrogens with two attached hydrogens (primary N) is 1. The van der Waals surface area contributed by atoms with E-state index >= 15 is 0 Å². The molecule has 1 aromatic heterocycles. The zero-order chi connectivity index (χ0) is 14.4. The van der Waals surface area contributed by atoms with Crippen molar-refractivity contribution in [3.05, 3.63) is 53.1 Å². The van der Waals surface area contributed by atoms with Crippen LogP contribution in [0.15, 0.2) is 42.5 Å². The molecule has 1 fully saturated rings. The van der Waals surface area contributed by atoms with Crippen LogP contribution >= 0.6 is 11.6 Å². The van der Waals surface area contributed by atoms with Crippen LogP contribution in [0, 0.1) is 0 Å². The Morgan fingerprint density at radius 1 is 1.14 bits per heavy atom. The number of benzene rings is 2. The molecule has 0 radical (unpaired) electrons. The number of imidazole rings is 1. The summed E-state index contributed by atoms with van der Waals surface area (Å²) in [5, 5.41) is 0.759. The molecule has 1 saturated carbocycles. The van der Waals surface area contributed by atoms with Gasteiger partial charge in [0, 0.05) is 23.2 Å². The van der Waals surface area contributed by atoms with E-state index in [1.807, 2.05) is 18.2 Å². The van der Waals surface area contributed by atoms with Gasteiger partial charge >= 0.3 is 0 Å². The fourth-order valence-corrected chi connectivity index (χ4v) is 2.93. The standard InChI is InChI=1S/C17H16ClN3/c18-13-5-8-15-16(9-13)21(14-6-7-14)17(20-15)12-3-1-11(10-19)2-4-12/h1-5,8-9,14H,6-7,10,19H2. The number of aromatic nitrogens is 2. The number of rotatable bonds is 3. The maximum atomic E-state index is 6.16. The molecule has 3 nitrogen and oxygen atoms in total. The Kier molecular flexibility index (Phi) is 2.98. The van der Waals surface area contributed by atoms with Crippen LogP contribution in [0.3, 0.4) is 0 Å². The van der Waals surface area contributed by atoms with Crippen molar-refractivity contribution < 1.29 is 0 Å². The van der Waals surface area contributed by atoms with E-state index in [-0.39, 0.29) is 0 Å². The monoisotopic (exact) mass is 297 g/mol. The largest absolute Gasteiger partial charge is 0.326 e. The van der Waals surface area contributed by atoms with E-state index in [2.05, 4.69) is 28.8 Å². The third-order valence-corrected chi connectivity index (χ3v) is 4.25. The molecule has 3 aromatic rings. The zero-order valence-electron chi connectivity index (χ0n) is 11.6. The van der Waals surface area contributed by atoms with Gasteiger partial charge in [0.15, 0.2) is 0 Å². The van der Waals surface area contributed by atoms with Gasteiger partial charge in [0.05, 0.1) is 11.0 Å². The molecule has 1 aliphatic rings. The smallest absolute Gasteiger partial charge is 0.141 e. The van der Waals surface area contributed by atoms with Crippen LogP contribution in [0.2, 0.25) is 5.02 Å². The Hall–Kier alpha value is -1.84. The Balaban J connectivity index is 1.92. The average molecular weight is 298 g/mol. The van der Waals surface area contributed by atoms with Crippen LogP contribution in [-0.2, 0) is 6.54 Å². The first kappa shape index (κ1) is 12.9. The highest BCUT2D eigenvalue weighted by molar-refractivity contribution is 6.31. The summed E-state index contributed by atoms with van der Waals surface area (Å²) in [7, 11) is 0. The van der Waals surface area contributed by atoms with Gasteiger partial charge in [-0.15, -0.1) is 0 Å². The highest BCUT2D eigenvalue weighted by Crippen LogP contribution is 2.41. The highest BCUT2D eigenvalue weighted by atomic mass is 35.5.